The first kappa shape index (κ1) is 6.68. The topological polar surface area (TPSA) is 66.5 Å². The lowest BCUT2D eigenvalue weighted by molar-refractivity contribution is -0.579. The first-order valence-corrected chi connectivity index (χ1v) is 3.42. The molecule has 0 saturated heterocycles. The predicted molar refractivity (Wildman–Crippen MR) is 42.0 cm³/mol. The van der Waals surface area contributed by atoms with E-state index in [-0.39, 0.29) is 0 Å². The monoisotopic (exact) mass is 159 g/mol. The number of aromatic nitrogens is 2. The van der Waals surface area contributed by atoms with Crippen molar-refractivity contribution in [1.29, 1.82) is 5.26 Å². The molecule has 0 aliphatic heterocycles. The lowest BCUT2D eigenvalue weighted by Gasteiger charge is -1.99. The molecule has 0 atom stereocenters. The largest absolute Gasteiger partial charge is 0.711 e. The number of nitrogens with one attached hydrogen (secondary N) is 1. The maximum absolute atomic E-state index is 11.1. The van der Waals surface area contributed by atoms with Gasteiger partial charge in [0.2, 0.25) is 0 Å². The van der Waals surface area contributed by atoms with Crippen LogP contribution in [0.3, 0.4) is 0 Å². The van der Waals surface area contributed by atoms with Crippen LogP contribution in [0.4, 0.5) is 0 Å². The standard InChI is InChI=1S/C8H5N3O/c9-4-6-5-10-8-7(6)2-1-3-11(8)12/h1-3,5,10H. The summed E-state index contributed by atoms with van der Waals surface area (Å²) in [6, 6.07) is 5.34. The van der Waals surface area contributed by atoms with E-state index in [1.807, 2.05) is 6.07 Å². The van der Waals surface area contributed by atoms with Gasteiger partial charge in [0, 0.05) is 0 Å². The van der Waals surface area contributed by atoms with Crippen LogP contribution >= 0.6 is 0 Å². The molecule has 12 heavy (non-hydrogen) atoms. The molecule has 58 valence electrons. The van der Waals surface area contributed by atoms with Gasteiger partial charge in [-0.2, -0.15) is 5.26 Å². The summed E-state index contributed by atoms with van der Waals surface area (Å²) in [6.07, 6.45) is 2.92. The number of pyridine rings is 1. The van der Waals surface area contributed by atoms with E-state index in [4.69, 9.17) is 5.26 Å². The smallest absolute Gasteiger partial charge is 0.290 e. The summed E-state index contributed by atoms with van der Waals surface area (Å²) in [5, 5.41) is 20.4. The molecular formula is C8H5N3O. The Morgan fingerprint density at radius 3 is 3.17 bits per heavy atom. The fourth-order valence-electron chi connectivity index (χ4n) is 1.16. The third-order valence-electron chi connectivity index (χ3n) is 1.72. The molecule has 0 aromatic carbocycles. The zero-order chi connectivity index (χ0) is 8.55. The van der Waals surface area contributed by atoms with Gasteiger partial charge in [-0.15, -0.1) is 0 Å². The summed E-state index contributed by atoms with van der Waals surface area (Å²) in [5.41, 5.74) is 0.921. The number of hydrogen-bond acceptors (Lipinski definition) is 2. The van der Waals surface area contributed by atoms with Gasteiger partial charge in [0.1, 0.15) is 17.8 Å². The van der Waals surface area contributed by atoms with Crippen molar-refractivity contribution >= 4 is 11.0 Å². The fraction of sp³-hybridized carbons (Fsp3) is 0. The molecule has 0 aliphatic rings. The minimum atomic E-state index is 0.425. The van der Waals surface area contributed by atoms with E-state index in [9.17, 15) is 5.21 Å². The highest BCUT2D eigenvalue weighted by molar-refractivity contribution is 5.79. The van der Waals surface area contributed by atoms with Crippen LogP contribution in [0.1, 0.15) is 5.56 Å². The normalized spacial score (nSPS) is 9.92. The average molecular weight is 159 g/mol. The van der Waals surface area contributed by atoms with Gasteiger partial charge < -0.3 is 5.21 Å². The van der Waals surface area contributed by atoms with Crippen molar-refractivity contribution in [3.05, 3.63) is 35.3 Å². The first-order chi connectivity index (χ1) is 5.83. The zero-order valence-corrected chi connectivity index (χ0v) is 6.11. The number of hydrogen-bond donors (Lipinski definition) is 1. The van der Waals surface area contributed by atoms with E-state index < -0.39 is 0 Å². The van der Waals surface area contributed by atoms with Gasteiger partial charge in [-0.05, 0) is 12.1 Å². The Morgan fingerprint density at radius 2 is 2.42 bits per heavy atom. The summed E-state index contributed by atoms with van der Waals surface area (Å²) in [6.45, 7) is 0. The van der Waals surface area contributed by atoms with Crippen LogP contribution in [0, 0.1) is 16.5 Å². The van der Waals surface area contributed by atoms with E-state index in [2.05, 4.69) is 4.98 Å². The number of fused-ring (bicyclic) bond motifs is 1. The summed E-state index contributed by atoms with van der Waals surface area (Å²) >= 11 is 0. The highest BCUT2D eigenvalue weighted by atomic mass is 16.5. The van der Waals surface area contributed by atoms with Crippen LogP contribution < -0.4 is 4.73 Å². The maximum atomic E-state index is 11.1. The SMILES string of the molecule is N#Cc1c[nH]c2c1ccc[n+]2[O-]. The molecule has 0 spiro atoms. The van der Waals surface area contributed by atoms with Crippen molar-refractivity contribution < 1.29 is 4.73 Å². The Hall–Kier alpha value is -2.02. The number of nitriles is 1. The highest BCUT2D eigenvalue weighted by Gasteiger charge is 2.08. The molecule has 0 bridgehead atoms. The average Bonchev–Trinajstić information content (AvgIpc) is 2.49. The van der Waals surface area contributed by atoms with Gasteiger partial charge in [-0.1, -0.05) is 0 Å². The molecule has 0 unspecified atom stereocenters. The summed E-state index contributed by atoms with van der Waals surface area (Å²) in [4.78, 5) is 2.74. The second-order valence-electron chi connectivity index (χ2n) is 2.41. The summed E-state index contributed by atoms with van der Waals surface area (Å²) < 4.78 is 0.705. The van der Waals surface area contributed by atoms with Gasteiger partial charge in [-0.25, -0.2) is 9.71 Å². The Bertz CT molecular complexity index is 467. The molecule has 4 heteroatoms. The zero-order valence-electron chi connectivity index (χ0n) is 6.11. The maximum Gasteiger partial charge on any atom is 0.290 e. The minimum absolute atomic E-state index is 0.425. The second-order valence-corrected chi connectivity index (χ2v) is 2.41. The lowest BCUT2D eigenvalue weighted by Crippen LogP contribution is -2.25. The molecule has 4 nitrogen and oxygen atoms in total. The number of rotatable bonds is 0. The van der Waals surface area contributed by atoms with Crippen molar-refractivity contribution in [2.75, 3.05) is 0 Å². The number of aromatic amines is 1. The fourth-order valence-corrected chi connectivity index (χ4v) is 1.16. The van der Waals surface area contributed by atoms with Gasteiger partial charge in [0.15, 0.2) is 0 Å². The third kappa shape index (κ3) is 0.736. The van der Waals surface area contributed by atoms with E-state index in [0.29, 0.717) is 21.3 Å². The van der Waals surface area contributed by atoms with Crippen molar-refractivity contribution in [1.82, 2.24) is 4.98 Å². The molecule has 2 aromatic rings. The van der Waals surface area contributed by atoms with Crippen molar-refractivity contribution in [3.8, 4) is 6.07 Å². The Balaban J connectivity index is 2.91. The first-order valence-electron chi connectivity index (χ1n) is 3.42. The molecule has 2 heterocycles. The van der Waals surface area contributed by atoms with E-state index in [0.717, 1.165) is 0 Å². The molecule has 1 N–H and O–H groups in total. The van der Waals surface area contributed by atoms with E-state index in [1.165, 1.54) is 12.4 Å². The van der Waals surface area contributed by atoms with Gasteiger partial charge >= 0.3 is 0 Å². The molecule has 0 radical (unpaired) electrons. The number of nitrogens with zero attached hydrogens (tertiary/aromatic N) is 2. The highest BCUT2D eigenvalue weighted by Crippen LogP contribution is 2.12. The van der Waals surface area contributed by atoms with Gasteiger partial charge in [-0.3, -0.25) is 0 Å². The molecule has 0 amide bonds. The van der Waals surface area contributed by atoms with Crippen LogP contribution in [0.2, 0.25) is 0 Å². The minimum Gasteiger partial charge on any atom is -0.711 e. The van der Waals surface area contributed by atoms with Crippen LogP contribution in [0.5, 0.6) is 0 Å². The third-order valence-corrected chi connectivity index (χ3v) is 1.72. The van der Waals surface area contributed by atoms with E-state index in [1.54, 1.807) is 12.1 Å². The second kappa shape index (κ2) is 2.24. The Kier molecular flexibility index (Phi) is 1.25. The van der Waals surface area contributed by atoms with Gasteiger partial charge in [0.05, 0.1) is 11.6 Å². The summed E-state index contributed by atoms with van der Waals surface area (Å²) in [5.74, 6) is 0. The predicted octanol–water partition coefficient (Wildman–Crippen LogP) is 0.673. The van der Waals surface area contributed by atoms with Crippen LogP contribution in [0.25, 0.3) is 11.0 Å². The molecule has 0 aliphatic carbocycles. The Labute approximate surface area is 68.3 Å². The molecule has 0 fully saturated rings. The van der Waals surface area contributed by atoms with Gasteiger partial charge in [0.25, 0.3) is 5.65 Å². The van der Waals surface area contributed by atoms with Crippen LogP contribution in [0.15, 0.2) is 24.5 Å². The molecule has 0 saturated carbocycles. The number of H-pyrrole nitrogens is 1. The van der Waals surface area contributed by atoms with Crippen LogP contribution in [-0.2, 0) is 0 Å². The van der Waals surface area contributed by atoms with Crippen molar-refractivity contribution in [2.24, 2.45) is 0 Å². The Morgan fingerprint density at radius 1 is 1.58 bits per heavy atom. The quantitative estimate of drug-likeness (QED) is 0.453. The summed E-state index contributed by atoms with van der Waals surface area (Å²) in [7, 11) is 0. The molecular weight excluding hydrogens is 154 g/mol. The molecule has 2 aromatic heterocycles. The van der Waals surface area contributed by atoms with Crippen molar-refractivity contribution in [2.45, 2.75) is 0 Å². The van der Waals surface area contributed by atoms with E-state index >= 15 is 0 Å². The molecule has 2 rings (SSSR count). The van der Waals surface area contributed by atoms with Crippen molar-refractivity contribution in [3.63, 3.8) is 0 Å². The van der Waals surface area contributed by atoms with Crippen LogP contribution in [-0.4, -0.2) is 4.98 Å². The lowest BCUT2D eigenvalue weighted by atomic mass is 10.2.